The maximum absolute atomic E-state index is 14.0. The molecule has 4 rings (SSSR count). The molecule has 0 amide bonds. The molecule has 1 unspecified atom stereocenters. The topological polar surface area (TPSA) is 66.4 Å². The third kappa shape index (κ3) is 4.22. The van der Waals surface area contributed by atoms with Gasteiger partial charge < -0.3 is 9.80 Å². The lowest BCUT2D eigenvalue weighted by atomic mass is 9.99. The van der Waals surface area contributed by atoms with Crippen LogP contribution in [0.25, 0.3) is 0 Å². The molecule has 0 radical (unpaired) electrons. The molecule has 0 N–H and O–H groups in total. The minimum absolute atomic E-state index is 0.171. The van der Waals surface area contributed by atoms with E-state index < -0.39 is 15.7 Å². The molecule has 29 heavy (non-hydrogen) atoms. The van der Waals surface area contributed by atoms with Gasteiger partial charge in [-0.25, -0.2) is 22.8 Å². The lowest BCUT2D eigenvalue weighted by Gasteiger charge is -2.44. The predicted molar refractivity (Wildman–Crippen MR) is 112 cm³/mol. The fourth-order valence-corrected chi connectivity index (χ4v) is 4.70. The van der Waals surface area contributed by atoms with E-state index in [1.165, 1.54) is 25.0 Å². The number of hydrogen-bond donors (Lipinski definition) is 0. The number of halogens is 1. The van der Waals surface area contributed by atoms with Gasteiger partial charge in [0, 0.05) is 49.4 Å². The van der Waals surface area contributed by atoms with E-state index in [9.17, 15) is 12.8 Å². The van der Waals surface area contributed by atoms with Gasteiger partial charge in [0.25, 0.3) is 0 Å². The van der Waals surface area contributed by atoms with E-state index in [4.69, 9.17) is 4.98 Å². The maximum atomic E-state index is 14.0. The first-order valence-electron chi connectivity index (χ1n) is 10.1. The normalized spacial score (nSPS) is 20.4. The Hall–Kier alpha value is -2.22. The maximum Gasteiger partial charge on any atom is 0.225 e. The quantitative estimate of drug-likeness (QED) is 0.743. The molecule has 1 atom stereocenters. The van der Waals surface area contributed by atoms with Crippen LogP contribution in [0.1, 0.15) is 38.3 Å². The van der Waals surface area contributed by atoms with Gasteiger partial charge in [-0.15, -0.1) is 0 Å². The molecule has 2 heterocycles. The molecule has 1 saturated carbocycles. The van der Waals surface area contributed by atoms with Crippen LogP contribution in [0.15, 0.2) is 35.4 Å². The monoisotopic (exact) mass is 418 g/mol. The second-order valence-electron chi connectivity index (χ2n) is 8.39. The summed E-state index contributed by atoms with van der Waals surface area (Å²) in [6.07, 6.45) is 5.28. The van der Waals surface area contributed by atoms with Gasteiger partial charge in [-0.05, 0) is 43.0 Å². The molecule has 1 aromatic carbocycles. The van der Waals surface area contributed by atoms with Gasteiger partial charge in [-0.2, -0.15) is 0 Å². The molecule has 1 aliphatic carbocycles. The number of benzene rings is 1. The standard InChI is InChI=1S/C21H27FN4O2S/c1-14(2)19-13-25(16-6-7-17(22)20(12-16)29(3,27)28)10-11-26(19)21-23-9-8-18(24-21)15-4-5-15/h6-9,12,14-15,19H,4-5,10-11,13H2,1-3H3. The van der Waals surface area contributed by atoms with Crippen molar-refractivity contribution in [3.63, 3.8) is 0 Å². The highest BCUT2D eigenvalue weighted by Gasteiger charge is 2.33. The lowest BCUT2D eigenvalue weighted by Crippen LogP contribution is -2.56. The van der Waals surface area contributed by atoms with Crippen LogP contribution in [0.3, 0.4) is 0 Å². The number of rotatable bonds is 5. The number of aromatic nitrogens is 2. The summed E-state index contributed by atoms with van der Waals surface area (Å²) >= 11 is 0. The Bertz CT molecular complexity index is 1010. The van der Waals surface area contributed by atoms with Crippen LogP contribution in [-0.4, -0.2) is 50.3 Å². The van der Waals surface area contributed by atoms with E-state index in [1.54, 1.807) is 6.07 Å². The third-order valence-electron chi connectivity index (χ3n) is 5.78. The van der Waals surface area contributed by atoms with Crippen LogP contribution in [0.5, 0.6) is 0 Å². The van der Waals surface area contributed by atoms with E-state index in [-0.39, 0.29) is 10.9 Å². The summed E-state index contributed by atoms with van der Waals surface area (Å²) < 4.78 is 37.8. The first-order chi connectivity index (χ1) is 13.7. The molecule has 8 heteroatoms. The van der Waals surface area contributed by atoms with E-state index in [1.807, 2.05) is 12.3 Å². The van der Waals surface area contributed by atoms with Crippen molar-refractivity contribution in [1.82, 2.24) is 9.97 Å². The summed E-state index contributed by atoms with van der Waals surface area (Å²) in [5.74, 6) is 0.981. The molecule has 2 aromatic rings. The molecular formula is C21H27FN4O2S. The minimum Gasteiger partial charge on any atom is -0.368 e. The highest BCUT2D eigenvalue weighted by molar-refractivity contribution is 7.90. The van der Waals surface area contributed by atoms with E-state index in [0.29, 0.717) is 24.9 Å². The summed E-state index contributed by atoms with van der Waals surface area (Å²) in [7, 11) is -3.62. The average Bonchev–Trinajstić information content (AvgIpc) is 3.52. The Morgan fingerprint density at radius 1 is 1.17 bits per heavy atom. The highest BCUT2D eigenvalue weighted by Crippen LogP contribution is 2.39. The average molecular weight is 419 g/mol. The van der Waals surface area contributed by atoms with Gasteiger partial charge in [0.2, 0.25) is 5.95 Å². The molecule has 0 spiro atoms. The SMILES string of the molecule is CC(C)C1CN(c2ccc(F)c(S(C)(=O)=O)c2)CCN1c1nccc(C2CC2)n1. The summed E-state index contributed by atoms with van der Waals surface area (Å²) in [6, 6.07) is 6.52. The molecule has 1 aromatic heterocycles. The van der Waals surface area contributed by atoms with E-state index in [2.05, 4.69) is 28.6 Å². The molecule has 2 aliphatic rings. The number of hydrogen-bond acceptors (Lipinski definition) is 6. The first kappa shape index (κ1) is 20.1. The second-order valence-corrected chi connectivity index (χ2v) is 10.4. The van der Waals surface area contributed by atoms with Gasteiger partial charge in [0.05, 0.1) is 6.04 Å². The van der Waals surface area contributed by atoms with Gasteiger partial charge in [-0.3, -0.25) is 0 Å². The van der Waals surface area contributed by atoms with Gasteiger partial charge in [0.15, 0.2) is 9.84 Å². The first-order valence-corrected chi connectivity index (χ1v) is 12.0. The molecule has 1 aliphatic heterocycles. The van der Waals surface area contributed by atoms with Gasteiger partial charge in [-0.1, -0.05) is 13.8 Å². The highest BCUT2D eigenvalue weighted by atomic mass is 32.2. The molecule has 6 nitrogen and oxygen atoms in total. The van der Waals surface area contributed by atoms with Crippen molar-refractivity contribution in [1.29, 1.82) is 0 Å². The number of sulfone groups is 1. The Labute approximate surface area is 171 Å². The van der Waals surface area contributed by atoms with Crippen LogP contribution >= 0.6 is 0 Å². The summed E-state index contributed by atoms with van der Waals surface area (Å²) in [6.45, 7) is 6.44. The fraction of sp³-hybridized carbons (Fsp3) is 0.524. The van der Waals surface area contributed by atoms with Crippen molar-refractivity contribution >= 4 is 21.5 Å². The van der Waals surface area contributed by atoms with Crippen molar-refractivity contribution in [2.24, 2.45) is 5.92 Å². The van der Waals surface area contributed by atoms with Crippen molar-refractivity contribution in [2.45, 2.75) is 43.5 Å². The molecule has 1 saturated heterocycles. The number of anilines is 2. The van der Waals surface area contributed by atoms with Crippen LogP contribution < -0.4 is 9.80 Å². The van der Waals surface area contributed by atoms with Crippen LogP contribution in [0, 0.1) is 11.7 Å². The molecular weight excluding hydrogens is 391 g/mol. The largest absolute Gasteiger partial charge is 0.368 e. The Balaban J connectivity index is 1.60. The smallest absolute Gasteiger partial charge is 0.225 e. The Kier molecular flexibility index (Phi) is 5.23. The zero-order valence-electron chi connectivity index (χ0n) is 17.0. The van der Waals surface area contributed by atoms with Gasteiger partial charge in [0.1, 0.15) is 10.7 Å². The Morgan fingerprint density at radius 3 is 2.59 bits per heavy atom. The summed E-state index contributed by atoms with van der Waals surface area (Å²) in [4.78, 5) is 13.5. The number of nitrogens with zero attached hydrogens (tertiary/aromatic N) is 4. The Morgan fingerprint density at radius 2 is 1.93 bits per heavy atom. The van der Waals surface area contributed by atoms with E-state index in [0.717, 1.165) is 30.1 Å². The van der Waals surface area contributed by atoms with Crippen LogP contribution in [0.2, 0.25) is 0 Å². The summed E-state index contributed by atoms with van der Waals surface area (Å²) in [5, 5.41) is 0. The number of piperazine rings is 1. The summed E-state index contributed by atoms with van der Waals surface area (Å²) in [5.41, 5.74) is 1.85. The molecule has 156 valence electrons. The van der Waals surface area contributed by atoms with Crippen LogP contribution in [0.4, 0.5) is 16.0 Å². The van der Waals surface area contributed by atoms with Crippen molar-refractivity contribution < 1.29 is 12.8 Å². The zero-order valence-corrected chi connectivity index (χ0v) is 17.9. The predicted octanol–water partition coefficient (Wildman–Crippen LogP) is 3.25. The van der Waals surface area contributed by atoms with E-state index >= 15 is 0 Å². The van der Waals surface area contributed by atoms with Crippen molar-refractivity contribution in [3.8, 4) is 0 Å². The lowest BCUT2D eigenvalue weighted by molar-refractivity contribution is 0.413. The van der Waals surface area contributed by atoms with Crippen molar-refractivity contribution in [3.05, 3.63) is 42.0 Å². The molecule has 2 fully saturated rings. The zero-order chi connectivity index (χ0) is 20.8. The minimum atomic E-state index is -3.62. The third-order valence-corrected chi connectivity index (χ3v) is 6.90. The van der Waals surface area contributed by atoms with Crippen LogP contribution in [-0.2, 0) is 9.84 Å². The van der Waals surface area contributed by atoms with Crippen molar-refractivity contribution in [2.75, 3.05) is 35.7 Å². The fourth-order valence-electron chi connectivity index (χ4n) is 3.94. The second kappa shape index (κ2) is 7.55. The molecule has 0 bridgehead atoms. The van der Waals surface area contributed by atoms with Gasteiger partial charge >= 0.3 is 0 Å².